The SMILES string of the molecule is C=C(/C=C\C)c1nn(-c2ccc(N3CCC(N[C@@H]4CCOC4)CC3)cc2)cc1C. The minimum atomic E-state index is 0.553. The van der Waals surface area contributed by atoms with Crippen molar-refractivity contribution in [2.75, 3.05) is 31.2 Å². The highest BCUT2D eigenvalue weighted by Crippen LogP contribution is 2.24. The zero-order valence-corrected chi connectivity index (χ0v) is 17.6. The molecule has 0 radical (unpaired) electrons. The molecular formula is C24H32N4O. The summed E-state index contributed by atoms with van der Waals surface area (Å²) in [5, 5.41) is 8.50. The van der Waals surface area contributed by atoms with Crippen molar-refractivity contribution in [3.05, 3.63) is 60.5 Å². The van der Waals surface area contributed by atoms with Gasteiger partial charge in [0.15, 0.2) is 0 Å². The van der Waals surface area contributed by atoms with Gasteiger partial charge in [-0.1, -0.05) is 18.7 Å². The third-order valence-corrected chi connectivity index (χ3v) is 5.94. The fraction of sp³-hybridized carbons (Fsp3) is 0.458. The van der Waals surface area contributed by atoms with Crippen molar-refractivity contribution in [3.63, 3.8) is 0 Å². The van der Waals surface area contributed by atoms with Crippen molar-refractivity contribution in [2.45, 2.75) is 45.2 Å². The second kappa shape index (κ2) is 8.97. The first-order chi connectivity index (χ1) is 14.1. The van der Waals surface area contributed by atoms with Gasteiger partial charge in [0.05, 0.1) is 18.0 Å². The first-order valence-corrected chi connectivity index (χ1v) is 10.7. The van der Waals surface area contributed by atoms with E-state index in [9.17, 15) is 0 Å². The lowest BCUT2D eigenvalue weighted by Gasteiger charge is -2.35. The van der Waals surface area contributed by atoms with Crippen LogP contribution in [0.2, 0.25) is 0 Å². The van der Waals surface area contributed by atoms with E-state index in [1.807, 2.05) is 23.8 Å². The fourth-order valence-electron chi connectivity index (χ4n) is 4.31. The van der Waals surface area contributed by atoms with Gasteiger partial charge >= 0.3 is 0 Å². The lowest BCUT2D eigenvalue weighted by molar-refractivity contribution is 0.186. The summed E-state index contributed by atoms with van der Waals surface area (Å²) in [6.07, 6.45) is 9.60. The number of benzene rings is 1. The predicted octanol–water partition coefficient (Wildman–Crippen LogP) is 4.12. The van der Waals surface area contributed by atoms with Crippen molar-refractivity contribution in [2.24, 2.45) is 0 Å². The maximum absolute atomic E-state index is 5.48. The molecule has 154 valence electrons. The van der Waals surface area contributed by atoms with Crippen LogP contribution in [-0.2, 0) is 4.74 Å². The molecule has 29 heavy (non-hydrogen) atoms. The van der Waals surface area contributed by atoms with Crippen molar-refractivity contribution in [3.8, 4) is 5.69 Å². The molecule has 0 bridgehead atoms. The molecule has 0 aliphatic carbocycles. The summed E-state index contributed by atoms with van der Waals surface area (Å²) in [5.74, 6) is 0. The number of anilines is 1. The van der Waals surface area contributed by atoms with Crippen LogP contribution in [0.25, 0.3) is 11.3 Å². The van der Waals surface area contributed by atoms with Crippen molar-refractivity contribution < 1.29 is 4.74 Å². The van der Waals surface area contributed by atoms with Gasteiger partial charge in [-0.3, -0.25) is 0 Å². The second-order valence-electron chi connectivity index (χ2n) is 8.14. The van der Waals surface area contributed by atoms with E-state index >= 15 is 0 Å². The quantitative estimate of drug-likeness (QED) is 0.751. The fourth-order valence-corrected chi connectivity index (χ4v) is 4.31. The highest BCUT2D eigenvalue weighted by molar-refractivity contribution is 5.71. The molecule has 1 N–H and O–H groups in total. The van der Waals surface area contributed by atoms with Crippen LogP contribution in [0.5, 0.6) is 0 Å². The van der Waals surface area contributed by atoms with Crippen LogP contribution < -0.4 is 10.2 Å². The van der Waals surface area contributed by atoms with E-state index in [-0.39, 0.29) is 0 Å². The van der Waals surface area contributed by atoms with Crippen LogP contribution in [0, 0.1) is 6.92 Å². The van der Waals surface area contributed by atoms with Crippen molar-refractivity contribution in [1.29, 1.82) is 0 Å². The van der Waals surface area contributed by atoms with Gasteiger partial charge in [0.25, 0.3) is 0 Å². The van der Waals surface area contributed by atoms with Crippen LogP contribution >= 0.6 is 0 Å². The lowest BCUT2D eigenvalue weighted by atomic mass is 10.0. The molecule has 4 rings (SSSR count). The summed E-state index contributed by atoms with van der Waals surface area (Å²) in [6, 6.07) is 9.91. The monoisotopic (exact) mass is 392 g/mol. The number of allylic oxidation sites excluding steroid dienone is 3. The molecule has 2 aliphatic heterocycles. The molecule has 1 aromatic heterocycles. The number of rotatable bonds is 6. The summed E-state index contributed by atoms with van der Waals surface area (Å²) in [6.45, 7) is 12.2. The van der Waals surface area contributed by atoms with E-state index in [0.29, 0.717) is 12.1 Å². The number of hydrogen-bond donors (Lipinski definition) is 1. The minimum Gasteiger partial charge on any atom is -0.380 e. The van der Waals surface area contributed by atoms with E-state index in [2.05, 4.69) is 54.2 Å². The lowest BCUT2D eigenvalue weighted by Crippen LogP contribution is -2.46. The van der Waals surface area contributed by atoms with E-state index in [1.54, 1.807) is 0 Å². The highest BCUT2D eigenvalue weighted by Gasteiger charge is 2.24. The Bertz CT molecular complexity index is 854. The molecule has 0 saturated carbocycles. The van der Waals surface area contributed by atoms with Crippen LogP contribution in [-0.4, -0.2) is 48.2 Å². The van der Waals surface area contributed by atoms with Crippen LogP contribution in [0.15, 0.2) is 49.2 Å². The summed E-state index contributed by atoms with van der Waals surface area (Å²) in [4.78, 5) is 2.49. The van der Waals surface area contributed by atoms with Gasteiger partial charge in [-0.2, -0.15) is 5.10 Å². The molecule has 1 aromatic carbocycles. The third kappa shape index (κ3) is 4.62. The van der Waals surface area contributed by atoms with E-state index in [0.717, 1.165) is 55.2 Å². The third-order valence-electron chi connectivity index (χ3n) is 5.94. The number of piperidine rings is 1. The van der Waals surface area contributed by atoms with Gasteiger partial charge in [-0.25, -0.2) is 4.68 Å². The summed E-state index contributed by atoms with van der Waals surface area (Å²) >= 11 is 0. The number of aromatic nitrogens is 2. The number of hydrogen-bond acceptors (Lipinski definition) is 4. The molecule has 5 nitrogen and oxygen atoms in total. The van der Waals surface area contributed by atoms with Gasteiger partial charge < -0.3 is 15.0 Å². The summed E-state index contributed by atoms with van der Waals surface area (Å²) in [7, 11) is 0. The summed E-state index contributed by atoms with van der Waals surface area (Å²) < 4.78 is 7.43. The molecule has 2 aliphatic rings. The Kier molecular flexibility index (Phi) is 6.16. The zero-order chi connectivity index (χ0) is 20.2. The molecule has 2 saturated heterocycles. The van der Waals surface area contributed by atoms with E-state index in [4.69, 9.17) is 9.84 Å². The molecule has 0 unspecified atom stereocenters. The van der Waals surface area contributed by atoms with Crippen LogP contribution in [0.3, 0.4) is 0 Å². The average molecular weight is 393 g/mol. The largest absolute Gasteiger partial charge is 0.380 e. The zero-order valence-electron chi connectivity index (χ0n) is 17.6. The van der Waals surface area contributed by atoms with Crippen molar-refractivity contribution >= 4 is 11.3 Å². The maximum atomic E-state index is 5.48. The van der Waals surface area contributed by atoms with E-state index < -0.39 is 0 Å². The van der Waals surface area contributed by atoms with Gasteiger partial charge in [-0.15, -0.1) is 0 Å². The Labute approximate surface area is 174 Å². The molecule has 2 aromatic rings. The predicted molar refractivity (Wildman–Crippen MR) is 120 cm³/mol. The topological polar surface area (TPSA) is 42.3 Å². The Hall–Kier alpha value is -2.37. The average Bonchev–Trinajstić information content (AvgIpc) is 3.38. The Morgan fingerprint density at radius 3 is 2.52 bits per heavy atom. The van der Waals surface area contributed by atoms with E-state index in [1.165, 1.54) is 18.5 Å². The van der Waals surface area contributed by atoms with Crippen LogP contribution in [0.1, 0.15) is 37.4 Å². The second-order valence-corrected chi connectivity index (χ2v) is 8.14. The molecule has 2 fully saturated rings. The summed E-state index contributed by atoms with van der Waals surface area (Å²) in [5.41, 5.74) is 5.41. The number of nitrogens with one attached hydrogen (secondary N) is 1. The Balaban J connectivity index is 1.37. The standard InChI is InChI=1S/C24H32N4O/c1-4-5-18(2)24-19(3)16-28(26-24)23-8-6-22(7-9-23)27-13-10-20(11-14-27)25-21-12-15-29-17-21/h4-9,16,20-21,25H,2,10-15,17H2,1,3H3/b5-4-/t21-/m1/s1. The van der Waals surface area contributed by atoms with Gasteiger partial charge in [0.2, 0.25) is 0 Å². The first-order valence-electron chi connectivity index (χ1n) is 10.7. The minimum absolute atomic E-state index is 0.553. The Morgan fingerprint density at radius 1 is 1.14 bits per heavy atom. The van der Waals surface area contributed by atoms with Gasteiger partial charge in [-0.05, 0) is 68.5 Å². The number of nitrogens with zero attached hydrogens (tertiary/aromatic N) is 3. The molecule has 1 atom stereocenters. The van der Waals surface area contributed by atoms with Gasteiger partial charge in [0.1, 0.15) is 0 Å². The highest BCUT2D eigenvalue weighted by atomic mass is 16.5. The molecule has 0 spiro atoms. The smallest absolute Gasteiger partial charge is 0.0950 e. The molecule has 3 heterocycles. The maximum Gasteiger partial charge on any atom is 0.0950 e. The first kappa shape index (κ1) is 19.9. The molecule has 0 amide bonds. The molecule has 5 heteroatoms. The number of aryl methyl sites for hydroxylation is 1. The van der Waals surface area contributed by atoms with Crippen molar-refractivity contribution in [1.82, 2.24) is 15.1 Å². The Morgan fingerprint density at radius 2 is 1.86 bits per heavy atom. The van der Waals surface area contributed by atoms with Gasteiger partial charge in [0, 0.05) is 43.7 Å². The number of ether oxygens (including phenoxy) is 1. The molecular weight excluding hydrogens is 360 g/mol. The van der Waals surface area contributed by atoms with Crippen LogP contribution in [0.4, 0.5) is 5.69 Å². The normalized spacial score (nSPS) is 20.6.